The predicted molar refractivity (Wildman–Crippen MR) is 78.0 cm³/mol. The normalized spacial score (nSPS) is 18.6. The summed E-state index contributed by atoms with van der Waals surface area (Å²) < 4.78 is 11.3. The number of amides is 1. The average molecular weight is 278 g/mol. The zero-order chi connectivity index (χ0) is 14.5. The number of anilines is 1. The number of nitrogens with zero attached hydrogens (tertiary/aromatic N) is 1. The van der Waals surface area contributed by atoms with E-state index in [-0.39, 0.29) is 12.0 Å². The van der Waals surface area contributed by atoms with Gasteiger partial charge in [0.15, 0.2) is 0 Å². The second-order valence-corrected chi connectivity index (χ2v) is 5.25. The molecule has 1 aliphatic rings. The van der Waals surface area contributed by atoms with E-state index < -0.39 is 0 Å². The number of hydrogen-bond acceptors (Lipinski definition) is 4. The molecule has 5 nitrogen and oxygen atoms in total. The van der Waals surface area contributed by atoms with Crippen molar-refractivity contribution in [3.05, 3.63) is 23.8 Å². The maximum absolute atomic E-state index is 11.8. The van der Waals surface area contributed by atoms with Crippen LogP contribution in [0.25, 0.3) is 0 Å². The van der Waals surface area contributed by atoms with Gasteiger partial charge < -0.3 is 20.1 Å². The van der Waals surface area contributed by atoms with Gasteiger partial charge in [0.05, 0.1) is 11.8 Å². The number of carbonyl (C=O) groups is 1. The summed E-state index contributed by atoms with van der Waals surface area (Å²) in [6.07, 6.45) is 3.47. The highest BCUT2D eigenvalue weighted by molar-refractivity contribution is 5.95. The first-order valence-corrected chi connectivity index (χ1v) is 6.93. The first-order chi connectivity index (χ1) is 9.58. The molecule has 0 saturated carbocycles. The molecule has 1 aliphatic heterocycles. The van der Waals surface area contributed by atoms with Crippen LogP contribution in [0.3, 0.4) is 0 Å². The van der Waals surface area contributed by atoms with Crippen LogP contribution in [0.2, 0.25) is 0 Å². The van der Waals surface area contributed by atoms with Crippen molar-refractivity contribution in [2.75, 3.05) is 33.0 Å². The van der Waals surface area contributed by atoms with Gasteiger partial charge in [-0.3, -0.25) is 4.79 Å². The van der Waals surface area contributed by atoms with Gasteiger partial charge in [-0.1, -0.05) is 0 Å². The third-order valence-corrected chi connectivity index (χ3v) is 3.36. The first kappa shape index (κ1) is 14.7. The fourth-order valence-corrected chi connectivity index (χ4v) is 2.19. The summed E-state index contributed by atoms with van der Waals surface area (Å²) in [5.41, 5.74) is 6.98. The number of hydrogen-bond donors (Lipinski definition) is 1. The molecule has 1 saturated heterocycles. The van der Waals surface area contributed by atoms with Crippen molar-refractivity contribution in [3.63, 3.8) is 0 Å². The largest absolute Gasteiger partial charge is 0.489 e. The standard InChI is InChI=1S/C15H22N2O3/c1-17(2)15(18)11-6-7-14(13(16)9-11)20-10-12-5-3-4-8-19-12/h6-7,9,12H,3-5,8,10,16H2,1-2H3. The molecular formula is C15H22N2O3. The van der Waals surface area contributed by atoms with Crippen LogP contribution in [-0.2, 0) is 4.74 Å². The van der Waals surface area contributed by atoms with Crippen molar-refractivity contribution in [1.29, 1.82) is 0 Å². The molecule has 0 spiro atoms. The van der Waals surface area contributed by atoms with Crippen molar-refractivity contribution in [1.82, 2.24) is 4.90 Å². The maximum atomic E-state index is 11.8. The van der Waals surface area contributed by atoms with Crippen molar-refractivity contribution < 1.29 is 14.3 Å². The average Bonchev–Trinajstić information content (AvgIpc) is 2.46. The van der Waals surface area contributed by atoms with Crippen molar-refractivity contribution in [2.24, 2.45) is 0 Å². The molecule has 1 unspecified atom stereocenters. The minimum absolute atomic E-state index is 0.0705. The molecule has 2 rings (SSSR count). The third kappa shape index (κ3) is 3.63. The Morgan fingerprint density at radius 1 is 1.45 bits per heavy atom. The second-order valence-electron chi connectivity index (χ2n) is 5.25. The van der Waals surface area contributed by atoms with E-state index in [0.717, 1.165) is 19.4 Å². The number of ether oxygens (including phenoxy) is 2. The number of nitrogen functional groups attached to an aromatic ring is 1. The number of carbonyl (C=O) groups excluding carboxylic acids is 1. The minimum Gasteiger partial charge on any atom is -0.489 e. The van der Waals surface area contributed by atoms with Crippen molar-refractivity contribution >= 4 is 11.6 Å². The number of benzene rings is 1. The smallest absolute Gasteiger partial charge is 0.253 e. The summed E-state index contributed by atoms with van der Waals surface area (Å²) >= 11 is 0. The lowest BCUT2D eigenvalue weighted by Gasteiger charge is -2.23. The fraction of sp³-hybridized carbons (Fsp3) is 0.533. The monoisotopic (exact) mass is 278 g/mol. The van der Waals surface area contributed by atoms with Gasteiger partial charge in [-0.25, -0.2) is 0 Å². The molecule has 0 bridgehead atoms. The van der Waals surface area contributed by atoms with Crippen LogP contribution < -0.4 is 10.5 Å². The summed E-state index contributed by atoms with van der Waals surface area (Å²) in [5.74, 6) is 0.536. The molecule has 0 radical (unpaired) electrons. The Morgan fingerprint density at radius 2 is 2.25 bits per heavy atom. The molecule has 20 heavy (non-hydrogen) atoms. The van der Waals surface area contributed by atoms with Crippen LogP contribution in [0.5, 0.6) is 5.75 Å². The highest BCUT2D eigenvalue weighted by Gasteiger charge is 2.16. The Bertz CT molecular complexity index is 468. The van der Waals surface area contributed by atoms with E-state index in [1.54, 1.807) is 32.3 Å². The van der Waals surface area contributed by atoms with E-state index in [9.17, 15) is 4.79 Å². The minimum atomic E-state index is -0.0705. The Morgan fingerprint density at radius 3 is 2.85 bits per heavy atom. The van der Waals surface area contributed by atoms with Gasteiger partial charge in [0, 0.05) is 26.3 Å². The molecule has 2 N–H and O–H groups in total. The summed E-state index contributed by atoms with van der Waals surface area (Å²) in [6, 6.07) is 5.13. The quantitative estimate of drug-likeness (QED) is 0.855. The molecule has 1 amide bonds. The van der Waals surface area contributed by atoms with Crippen LogP contribution in [0.15, 0.2) is 18.2 Å². The Labute approximate surface area is 119 Å². The van der Waals surface area contributed by atoms with Crippen LogP contribution >= 0.6 is 0 Å². The van der Waals surface area contributed by atoms with E-state index in [1.165, 1.54) is 11.3 Å². The van der Waals surface area contributed by atoms with E-state index in [4.69, 9.17) is 15.2 Å². The van der Waals surface area contributed by atoms with E-state index in [0.29, 0.717) is 23.6 Å². The molecule has 1 aromatic carbocycles. The fourth-order valence-electron chi connectivity index (χ4n) is 2.19. The maximum Gasteiger partial charge on any atom is 0.253 e. The summed E-state index contributed by atoms with van der Waals surface area (Å²) in [4.78, 5) is 13.3. The van der Waals surface area contributed by atoms with Crippen LogP contribution in [0.1, 0.15) is 29.6 Å². The third-order valence-electron chi connectivity index (χ3n) is 3.36. The predicted octanol–water partition coefficient (Wildman–Crippen LogP) is 1.92. The Kier molecular flexibility index (Phi) is 4.84. The zero-order valence-corrected chi connectivity index (χ0v) is 12.1. The molecule has 1 heterocycles. The Balaban J connectivity index is 1.97. The van der Waals surface area contributed by atoms with Gasteiger partial charge in [-0.15, -0.1) is 0 Å². The van der Waals surface area contributed by atoms with Crippen LogP contribution in [0.4, 0.5) is 5.69 Å². The van der Waals surface area contributed by atoms with E-state index >= 15 is 0 Å². The SMILES string of the molecule is CN(C)C(=O)c1ccc(OCC2CCCCO2)c(N)c1. The molecule has 0 aliphatic carbocycles. The molecule has 110 valence electrons. The summed E-state index contributed by atoms with van der Waals surface area (Å²) in [7, 11) is 3.42. The van der Waals surface area contributed by atoms with Gasteiger partial charge in [-0.2, -0.15) is 0 Å². The summed E-state index contributed by atoms with van der Waals surface area (Å²) in [5, 5.41) is 0. The van der Waals surface area contributed by atoms with Gasteiger partial charge in [0.25, 0.3) is 5.91 Å². The van der Waals surface area contributed by atoms with Crippen molar-refractivity contribution in [3.8, 4) is 5.75 Å². The molecule has 5 heteroatoms. The van der Waals surface area contributed by atoms with E-state index in [1.807, 2.05) is 0 Å². The molecule has 1 atom stereocenters. The van der Waals surface area contributed by atoms with Gasteiger partial charge in [-0.05, 0) is 37.5 Å². The van der Waals surface area contributed by atoms with Crippen molar-refractivity contribution in [2.45, 2.75) is 25.4 Å². The summed E-state index contributed by atoms with van der Waals surface area (Å²) in [6.45, 7) is 1.31. The second kappa shape index (κ2) is 6.61. The lowest BCUT2D eigenvalue weighted by atomic mass is 10.1. The van der Waals surface area contributed by atoms with E-state index in [2.05, 4.69) is 0 Å². The number of rotatable bonds is 4. The topological polar surface area (TPSA) is 64.8 Å². The molecular weight excluding hydrogens is 256 g/mol. The van der Waals surface area contributed by atoms with Gasteiger partial charge in [0.2, 0.25) is 0 Å². The van der Waals surface area contributed by atoms with Crippen LogP contribution in [0, 0.1) is 0 Å². The first-order valence-electron chi connectivity index (χ1n) is 6.93. The molecule has 1 fully saturated rings. The van der Waals surface area contributed by atoms with Gasteiger partial charge >= 0.3 is 0 Å². The number of nitrogens with two attached hydrogens (primary N) is 1. The lowest BCUT2D eigenvalue weighted by Crippen LogP contribution is -2.26. The molecule has 0 aromatic heterocycles. The lowest BCUT2D eigenvalue weighted by molar-refractivity contribution is -0.0109. The highest BCUT2D eigenvalue weighted by Crippen LogP contribution is 2.24. The highest BCUT2D eigenvalue weighted by atomic mass is 16.5. The van der Waals surface area contributed by atoms with Gasteiger partial charge in [0.1, 0.15) is 12.4 Å². The Hall–Kier alpha value is -1.75. The van der Waals surface area contributed by atoms with Crippen LogP contribution in [-0.4, -0.2) is 44.2 Å². The molecule has 1 aromatic rings. The zero-order valence-electron chi connectivity index (χ0n) is 12.1.